The highest BCUT2D eigenvalue weighted by Crippen LogP contribution is 2.30. The molecule has 1 aromatic rings. The molecule has 4 nitrogen and oxygen atoms in total. The number of piperidine rings is 2. The molecule has 3 heterocycles. The normalized spacial score (nSPS) is 23.2. The van der Waals surface area contributed by atoms with Gasteiger partial charge < -0.3 is 10.2 Å². The van der Waals surface area contributed by atoms with E-state index in [4.69, 9.17) is 4.98 Å². The van der Waals surface area contributed by atoms with Gasteiger partial charge in [0.1, 0.15) is 0 Å². The van der Waals surface area contributed by atoms with Crippen molar-refractivity contribution in [2.45, 2.75) is 57.8 Å². The zero-order valence-electron chi connectivity index (χ0n) is 14.2. The monoisotopic (exact) mass is 335 g/mol. The number of nitrogens with zero attached hydrogens (tertiary/aromatic N) is 2. The first-order valence-corrected chi connectivity index (χ1v) is 10.1. The summed E-state index contributed by atoms with van der Waals surface area (Å²) in [6.45, 7) is 6.20. The van der Waals surface area contributed by atoms with Gasteiger partial charge in [-0.15, -0.1) is 11.3 Å². The average molecular weight is 336 g/mol. The third-order valence-electron chi connectivity index (χ3n) is 5.28. The van der Waals surface area contributed by atoms with E-state index in [-0.39, 0.29) is 0 Å². The summed E-state index contributed by atoms with van der Waals surface area (Å²) < 4.78 is 0. The maximum absolute atomic E-state index is 12.6. The maximum atomic E-state index is 12.6. The average Bonchev–Trinajstić information content (AvgIpc) is 3.10. The lowest BCUT2D eigenvalue weighted by Gasteiger charge is -2.32. The topological polar surface area (TPSA) is 45.2 Å². The molecule has 3 rings (SSSR count). The summed E-state index contributed by atoms with van der Waals surface area (Å²) in [6, 6.07) is 0. The molecule has 5 heteroatoms. The van der Waals surface area contributed by atoms with Crippen LogP contribution in [0.3, 0.4) is 0 Å². The molecular formula is C18H29N3OS. The fourth-order valence-corrected chi connectivity index (χ4v) is 4.76. The third kappa shape index (κ3) is 4.54. The molecular weight excluding hydrogens is 306 g/mol. The van der Waals surface area contributed by atoms with Crippen molar-refractivity contribution in [3.05, 3.63) is 16.1 Å². The van der Waals surface area contributed by atoms with Gasteiger partial charge in [0.15, 0.2) is 0 Å². The third-order valence-corrected chi connectivity index (χ3v) is 6.34. The Kier molecular flexibility index (Phi) is 6.06. The number of carbonyl (C=O) groups is 1. The Morgan fingerprint density at radius 3 is 2.96 bits per heavy atom. The van der Waals surface area contributed by atoms with Crippen molar-refractivity contribution in [2.24, 2.45) is 5.92 Å². The number of carbonyl (C=O) groups excluding carboxylic acids is 1. The lowest BCUT2D eigenvalue weighted by Crippen LogP contribution is -2.39. The molecule has 1 aromatic heterocycles. The van der Waals surface area contributed by atoms with Gasteiger partial charge >= 0.3 is 0 Å². The number of thiazole rings is 1. The molecule has 2 saturated heterocycles. The number of aryl methyl sites for hydroxylation is 1. The van der Waals surface area contributed by atoms with Gasteiger partial charge in [0.05, 0.1) is 10.7 Å². The molecule has 2 fully saturated rings. The number of amides is 1. The number of rotatable bonds is 5. The van der Waals surface area contributed by atoms with Crippen LogP contribution in [0.2, 0.25) is 0 Å². The lowest BCUT2D eigenvalue weighted by atomic mass is 9.92. The lowest BCUT2D eigenvalue weighted by molar-refractivity contribution is -0.132. The van der Waals surface area contributed by atoms with Gasteiger partial charge in [-0.1, -0.05) is 6.92 Å². The molecule has 2 aliphatic heterocycles. The molecule has 1 atom stereocenters. The minimum absolute atomic E-state index is 0.362. The molecule has 1 N–H and O–H groups in total. The Morgan fingerprint density at radius 2 is 2.22 bits per heavy atom. The molecule has 0 radical (unpaired) electrons. The number of hydrogen-bond donors (Lipinski definition) is 1. The van der Waals surface area contributed by atoms with E-state index >= 15 is 0 Å². The van der Waals surface area contributed by atoms with E-state index in [0.29, 0.717) is 11.8 Å². The Labute approximate surface area is 143 Å². The predicted octanol–water partition coefficient (Wildman–Crippen LogP) is 3.19. The Bertz CT molecular complexity index is 510. The highest BCUT2D eigenvalue weighted by molar-refractivity contribution is 7.09. The van der Waals surface area contributed by atoms with Crippen LogP contribution in [0.1, 0.15) is 62.1 Å². The van der Waals surface area contributed by atoms with Gasteiger partial charge in [0, 0.05) is 30.8 Å². The van der Waals surface area contributed by atoms with Crippen LogP contribution < -0.4 is 5.32 Å². The first-order valence-electron chi connectivity index (χ1n) is 9.19. The fourth-order valence-electron chi connectivity index (χ4n) is 3.73. The number of hydrogen-bond acceptors (Lipinski definition) is 4. The first-order chi connectivity index (χ1) is 11.3. The zero-order chi connectivity index (χ0) is 16.1. The standard InChI is InChI=1S/C18H29N3OS/c1-2-16-13-23-18(20-16)15-4-3-11-21(12-15)17(22)6-5-14-7-9-19-10-8-14/h13-15,19H,2-12H2,1H3. The van der Waals surface area contributed by atoms with E-state index in [2.05, 4.69) is 22.5 Å². The molecule has 128 valence electrons. The summed E-state index contributed by atoms with van der Waals surface area (Å²) in [5.41, 5.74) is 1.19. The molecule has 1 amide bonds. The molecule has 23 heavy (non-hydrogen) atoms. The number of aromatic nitrogens is 1. The molecule has 0 bridgehead atoms. The van der Waals surface area contributed by atoms with Gasteiger partial charge in [0.2, 0.25) is 5.91 Å². The summed E-state index contributed by atoms with van der Waals surface area (Å²) in [6.07, 6.45) is 7.56. The van der Waals surface area contributed by atoms with Crippen LogP contribution >= 0.6 is 11.3 Å². The summed E-state index contributed by atoms with van der Waals surface area (Å²) >= 11 is 1.77. The van der Waals surface area contributed by atoms with Crippen LogP contribution in [0.25, 0.3) is 0 Å². The van der Waals surface area contributed by atoms with Crippen molar-refractivity contribution in [1.29, 1.82) is 0 Å². The van der Waals surface area contributed by atoms with E-state index in [9.17, 15) is 4.79 Å². The molecule has 0 saturated carbocycles. The van der Waals surface area contributed by atoms with E-state index < -0.39 is 0 Å². The number of nitrogens with one attached hydrogen (secondary N) is 1. The molecule has 0 spiro atoms. The van der Waals surface area contributed by atoms with Gasteiger partial charge in [-0.05, 0) is 57.5 Å². The van der Waals surface area contributed by atoms with E-state index in [1.807, 2.05) is 0 Å². The van der Waals surface area contributed by atoms with Crippen LogP contribution in [-0.2, 0) is 11.2 Å². The molecule has 1 unspecified atom stereocenters. The minimum Gasteiger partial charge on any atom is -0.342 e. The van der Waals surface area contributed by atoms with Crippen molar-refractivity contribution in [2.75, 3.05) is 26.2 Å². The molecule has 0 aromatic carbocycles. The van der Waals surface area contributed by atoms with Crippen molar-refractivity contribution >= 4 is 17.2 Å². The summed E-state index contributed by atoms with van der Waals surface area (Å²) in [5.74, 6) is 1.56. The molecule has 2 aliphatic rings. The van der Waals surface area contributed by atoms with Gasteiger partial charge in [0.25, 0.3) is 0 Å². The smallest absolute Gasteiger partial charge is 0.222 e. The Balaban J connectivity index is 1.49. The SMILES string of the molecule is CCc1csc(C2CCCN(C(=O)CCC3CCNCC3)C2)n1. The fraction of sp³-hybridized carbons (Fsp3) is 0.778. The van der Waals surface area contributed by atoms with E-state index in [1.165, 1.54) is 30.0 Å². The van der Waals surface area contributed by atoms with Crippen LogP contribution in [0.4, 0.5) is 0 Å². The van der Waals surface area contributed by atoms with E-state index in [0.717, 1.165) is 57.8 Å². The minimum atomic E-state index is 0.362. The van der Waals surface area contributed by atoms with Crippen LogP contribution in [-0.4, -0.2) is 42.0 Å². The van der Waals surface area contributed by atoms with Crippen molar-refractivity contribution in [1.82, 2.24) is 15.2 Å². The van der Waals surface area contributed by atoms with Gasteiger partial charge in [-0.3, -0.25) is 4.79 Å². The Hall–Kier alpha value is -0.940. The molecule has 0 aliphatic carbocycles. The van der Waals surface area contributed by atoms with Crippen molar-refractivity contribution in [3.63, 3.8) is 0 Å². The van der Waals surface area contributed by atoms with Gasteiger partial charge in [-0.2, -0.15) is 0 Å². The van der Waals surface area contributed by atoms with Crippen LogP contribution in [0.5, 0.6) is 0 Å². The quantitative estimate of drug-likeness (QED) is 0.899. The highest BCUT2D eigenvalue weighted by Gasteiger charge is 2.27. The summed E-state index contributed by atoms with van der Waals surface area (Å²) in [4.78, 5) is 19.4. The first kappa shape index (κ1) is 16.9. The van der Waals surface area contributed by atoms with E-state index in [1.54, 1.807) is 11.3 Å². The second-order valence-corrected chi connectivity index (χ2v) is 7.83. The summed E-state index contributed by atoms with van der Waals surface area (Å²) in [7, 11) is 0. The van der Waals surface area contributed by atoms with Crippen molar-refractivity contribution in [3.8, 4) is 0 Å². The highest BCUT2D eigenvalue weighted by atomic mass is 32.1. The maximum Gasteiger partial charge on any atom is 0.222 e. The number of likely N-dealkylation sites (tertiary alicyclic amines) is 1. The predicted molar refractivity (Wildman–Crippen MR) is 94.9 cm³/mol. The zero-order valence-corrected chi connectivity index (χ0v) is 15.0. The summed E-state index contributed by atoms with van der Waals surface area (Å²) in [5, 5.41) is 6.80. The Morgan fingerprint density at radius 1 is 1.39 bits per heavy atom. The largest absolute Gasteiger partial charge is 0.342 e. The second kappa shape index (κ2) is 8.25. The van der Waals surface area contributed by atoms with Crippen LogP contribution in [0, 0.1) is 5.92 Å². The van der Waals surface area contributed by atoms with Crippen LogP contribution in [0.15, 0.2) is 5.38 Å². The van der Waals surface area contributed by atoms with Crippen molar-refractivity contribution < 1.29 is 4.79 Å². The second-order valence-electron chi connectivity index (χ2n) is 6.94. The van der Waals surface area contributed by atoms with Gasteiger partial charge in [-0.25, -0.2) is 4.98 Å².